The smallest absolute Gasteiger partial charge is 0.259 e. The number of aliphatic hydroxyl groups excluding tert-OH is 1. The lowest BCUT2D eigenvalue weighted by molar-refractivity contribution is -0.135. The fourth-order valence-electron chi connectivity index (χ4n) is 3.22. The van der Waals surface area contributed by atoms with Crippen molar-refractivity contribution in [2.75, 3.05) is 40.5 Å². The van der Waals surface area contributed by atoms with Crippen LogP contribution in [0.4, 0.5) is 0 Å². The summed E-state index contributed by atoms with van der Waals surface area (Å²) in [4.78, 5) is 32.9. The molecule has 0 bridgehead atoms. The number of ether oxygens (including phenoxy) is 2. The van der Waals surface area contributed by atoms with E-state index >= 15 is 0 Å². The Morgan fingerprint density at radius 2 is 2.19 bits per heavy atom. The topological polar surface area (TPSA) is 112 Å². The lowest BCUT2D eigenvalue weighted by Gasteiger charge is -2.37. The molecule has 0 spiro atoms. The average molecular weight is 448 g/mol. The Morgan fingerprint density at radius 1 is 1.50 bits per heavy atom. The predicted molar refractivity (Wildman–Crippen MR) is 118 cm³/mol. The molecule has 1 aromatic heterocycles. The number of hydrogen-bond acceptors (Lipinski definition) is 7. The van der Waals surface area contributed by atoms with Crippen molar-refractivity contribution in [3.05, 3.63) is 23.4 Å². The number of pyridine rings is 1. The highest BCUT2D eigenvalue weighted by molar-refractivity contribution is 5.97. The van der Waals surface area contributed by atoms with Gasteiger partial charge in [0, 0.05) is 38.4 Å². The molecule has 32 heavy (non-hydrogen) atoms. The number of fused-ring (bicyclic) bond motifs is 1. The van der Waals surface area contributed by atoms with Crippen molar-refractivity contribution in [1.29, 1.82) is 0 Å². The Bertz CT molecular complexity index is 886. The van der Waals surface area contributed by atoms with Crippen LogP contribution in [-0.4, -0.2) is 95.0 Å². The summed E-state index contributed by atoms with van der Waals surface area (Å²) in [5.74, 6) is 5.02. The molecule has 0 fully saturated rings. The molecule has 2 rings (SSSR count). The highest BCUT2D eigenvalue weighted by atomic mass is 16.5. The van der Waals surface area contributed by atoms with E-state index in [0.29, 0.717) is 12.1 Å². The molecule has 0 aromatic carbocycles. The van der Waals surface area contributed by atoms with Crippen molar-refractivity contribution < 1.29 is 29.3 Å². The molecule has 0 aliphatic carbocycles. The first-order chi connectivity index (χ1) is 15.0. The van der Waals surface area contributed by atoms with Gasteiger partial charge in [-0.2, -0.15) is 0 Å². The number of hydrogen-bond donors (Lipinski definition) is 2. The third kappa shape index (κ3) is 6.66. The predicted octanol–water partition coefficient (Wildman–Crippen LogP) is 0.529. The van der Waals surface area contributed by atoms with Crippen molar-refractivity contribution >= 4 is 11.8 Å². The minimum Gasteiger partial charge on any atom is -0.472 e. The molecule has 0 radical (unpaired) electrons. The van der Waals surface area contributed by atoms with Gasteiger partial charge in [0.15, 0.2) is 0 Å². The molecular formula is C23H33N3O6. The van der Waals surface area contributed by atoms with E-state index in [2.05, 4.69) is 16.8 Å². The van der Waals surface area contributed by atoms with Crippen molar-refractivity contribution in [2.24, 2.45) is 5.92 Å². The number of carbonyl (C=O) groups is 2. The molecule has 0 saturated carbocycles. The summed E-state index contributed by atoms with van der Waals surface area (Å²) in [6, 6.07) is 1.16. The molecule has 2 N–H and O–H groups in total. The van der Waals surface area contributed by atoms with E-state index in [9.17, 15) is 19.8 Å². The SMILES string of the molecule is COCC(=O)N(C)C[C@H]1Oc2ncc(C#CC(C)(C)O)cc2C(=O)N([C@@H](C)CO)C[C@H]1C. The third-order valence-corrected chi connectivity index (χ3v) is 5.18. The van der Waals surface area contributed by atoms with Gasteiger partial charge in [-0.1, -0.05) is 18.8 Å². The minimum atomic E-state index is -1.19. The maximum Gasteiger partial charge on any atom is 0.259 e. The Balaban J connectivity index is 2.46. The van der Waals surface area contributed by atoms with E-state index in [-0.39, 0.29) is 48.9 Å². The Hall–Kier alpha value is -2.67. The summed E-state index contributed by atoms with van der Waals surface area (Å²) in [6.07, 6.45) is 1.04. The van der Waals surface area contributed by atoms with Crippen LogP contribution in [0, 0.1) is 17.8 Å². The summed E-state index contributed by atoms with van der Waals surface area (Å²) >= 11 is 0. The molecule has 3 atom stereocenters. The highest BCUT2D eigenvalue weighted by Gasteiger charge is 2.34. The number of amides is 2. The van der Waals surface area contributed by atoms with Crippen LogP contribution in [0.5, 0.6) is 5.88 Å². The molecule has 0 unspecified atom stereocenters. The molecule has 2 heterocycles. The van der Waals surface area contributed by atoms with Crippen LogP contribution in [0.2, 0.25) is 0 Å². The summed E-state index contributed by atoms with van der Waals surface area (Å²) in [7, 11) is 3.12. The zero-order chi connectivity index (χ0) is 24.1. The number of aromatic nitrogens is 1. The van der Waals surface area contributed by atoms with Crippen molar-refractivity contribution in [3.63, 3.8) is 0 Å². The number of methoxy groups -OCH3 is 1. The maximum absolute atomic E-state index is 13.3. The summed E-state index contributed by atoms with van der Waals surface area (Å²) < 4.78 is 11.1. The van der Waals surface area contributed by atoms with Crippen LogP contribution in [0.1, 0.15) is 43.6 Å². The molecule has 1 aromatic rings. The average Bonchev–Trinajstić information content (AvgIpc) is 2.73. The second-order valence-corrected chi connectivity index (χ2v) is 8.72. The van der Waals surface area contributed by atoms with Gasteiger partial charge in [-0.15, -0.1) is 0 Å². The first-order valence-corrected chi connectivity index (χ1v) is 10.5. The number of nitrogens with zero attached hydrogens (tertiary/aromatic N) is 3. The number of aliphatic hydroxyl groups is 2. The van der Waals surface area contributed by atoms with E-state index in [4.69, 9.17) is 9.47 Å². The first kappa shape index (κ1) is 25.6. The second-order valence-electron chi connectivity index (χ2n) is 8.72. The van der Waals surface area contributed by atoms with Gasteiger partial charge in [-0.05, 0) is 26.8 Å². The van der Waals surface area contributed by atoms with E-state index < -0.39 is 17.7 Å². The molecule has 9 nitrogen and oxygen atoms in total. The molecule has 0 saturated heterocycles. The van der Waals surface area contributed by atoms with Crippen LogP contribution in [-0.2, 0) is 9.53 Å². The third-order valence-electron chi connectivity index (χ3n) is 5.18. The van der Waals surface area contributed by atoms with Gasteiger partial charge < -0.3 is 29.5 Å². The van der Waals surface area contributed by atoms with E-state index in [0.717, 1.165) is 0 Å². The quantitative estimate of drug-likeness (QED) is 0.612. The lowest BCUT2D eigenvalue weighted by atomic mass is 10.00. The molecule has 1 aliphatic rings. The molecule has 9 heteroatoms. The van der Waals surface area contributed by atoms with Gasteiger partial charge in [0.2, 0.25) is 11.8 Å². The standard InChI is InChI=1S/C23H33N3O6/c1-15-11-26(16(2)13-27)22(29)18-9-17(7-8-23(3,4)30)10-24-21(18)32-19(15)12-25(5)20(28)14-31-6/h9-10,15-16,19,27,30H,11-14H2,1-6H3/t15-,16+,19-/m1/s1. The Labute approximate surface area is 189 Å². The van der Waals surface area contributed by atoms with E-state index in [1.54, 1.807) is 38.8 Å². The van der Waals surface area contributed by atoms with Gasteiger partial charge >= 0.3 is 0 Å². The van der Waals surface area contributed by atoms with Crippen LogP contribution in [0.15, 0.2) is 12.3 Å². The van der Waals surface area contributed by atoms with E-state index in [1.165, 1.54) is 18.2 Å². The van der Waals surface area contributed by atoms with Crippen LogP contribution in [0.25, 0.3) is 0 Å². The zero-order valence-electron chi connectivity index (χ0n) is 19.6. The fraction of sp³-hybridized carbons (Fsp3) is 0.609. The van der Waals surface area contributed by atoms with Gasteiger partial charge in [-0.25, -0.2) is 4.98 Å². The molecule has 2 amide bonds. The highest BCUT2D eigenvalue weighted by Crippen LogP contribution is 2.27. The van der Waals surface area contributed by atoms with Crippen molar-refractivity contribution in [1.82, 2.24) is 14.8 Å². The van der Waals surface area contributed by atoms with Crippen LogP contribution < -0.4 is 4.74 Å². The van der Waals surface area contributed by atoms with Crippen LogP contribution >= 0.6 is 0 Å². The number of likely N-dealkylation sites (N-methyl/N-ethyl adjacent to an activating group) is 1. The maximum atomic E-state index is 13.3. The monoisotopic (exact) mass is 447 g/mol. The second kappa shape index (κ2) is 10.8. The first-order valence-electron chi connectivity index (χ1n) is 10.5. The molecule has 176 valence electrons. The number of rotatable bonds is 6. The lowest BCUT2D eigenvalue weighted by Crippen LogP contribution is -2.50. The fourth-order valence-corrected chi connectivity index (χ4v) is 3.22. The summed E-state index contributed by atoms with van der Waals surface area (Å²) in [6.45, 7) is 7.19. The number of carbonyl (C=O) groups excluding carboxylic acids is 2. The summed E-state index contributed by atoms with van der Waals surface area (Å²) in [5.41, 5.74) is -0.519. The summed E-state index contributed by atoms with van der Waals surface area (Å²) in [5, 5.41) is 19.6. The zero-order valence-corrected chi connectivity index (χ0v) is 19.6. The largest absolute Gasteiger partial charge is 0.472 e. The normalized spacial score (nSPS) is 19.6. The Kier molecular flexibility index (Phi) is 8.61. The Morgan fingerprint density at radius 3 is 2.78 bits per heavy atom. The van der Waals surface area contributed by atoms with E-state index in [1.807, 2.05) is 6.92 Å². The van der Waals surface area contributed by atoms with Crippen LogP contribution in [0.3, 0.4) is 0 Å². The van der Waals surface area contributed by atoms with Gasteiger partial charge in [-0.3, -0.25) is 9.59 Å². The minimum absolute atomic E-state index is 0.0399. The van der Waals surface area contributed by atoms with Gasteiger partial charge in [0.25, 0.3) is 5.91 Å². The van der Waals surface area contributed by atoms with Crippen molar-refractivity contribution in [3.8, 4) is 17.7 Å². The molecule has 1 aliphatic heterocycles. The molecular weight excluding hydrogens is 414 g/mol. The van der Waals surface area contributed by atoms with Crippen molar-refractivity contribution in [2.45, 2.75) is 45.4 Å². The van der Waals surface area contributed by atoms with Gasteiger partial charge in [0.05, 0.1) is 19.2 Å². The van der Waals surface area contributed by atoms with Gasteiger partial charge in [0.1, 0.15) is 23.9 Å².